The van der Waals surface area contributed by atoms with E-state index in [0.717, 1.165) is 31.9 Å². The number of nitrogens with zero attached hydrogens (tertiary/aromatic N) is 1. The Morgan fingerprint density at radius 3 is 2.34 bits per heavy atom. The smallest absolute Gasteiger partial charge is 0.410 e. The van der Waals surface area contributed by atoms with Gasteiger partial charge in [0.25, 0.3) is 6.43 Å². The van der Waals surface area contributed by atoms with E-state index in [-0.39, 0.29) is 18.8 Å². The fraction of sp³-hybridized carbons (Fsp3) is 0.947. The fourth-order valence-corrected chi connectivity index (χ4v) is 5.24. The van der Waals surface area contributed by atoms with Crippen molar-refractivity contribution >= 4 is 16.1 Å². The molecule has 10 heteroatoms. The van der Waals surface area contributed by atoms with Gasteiger partial charge in [0.05, 0.1) is 25.0 Å². The van der Waals surface area contributed by atoms with Gasteiger partial charge in [-0.3, -0.25) is 4.90 Å². The first-order valence-corrected chi connectivity index (χ1v) is 12.2. The number of hydrogen-bond acceptors (Lipinski definition) is 5. The van der Waals surface area contributed by atoms with Crippen LogP contribution in [0.25, 0.3) is 0 Å². The highest BCUT2D eigenvalue weighted by molar-refractivity contribution is 7.88. The second-order valence-corrected chi connectivity index (χ2v) is 10.4. The van der Waals surface area contributed by atoms with E-state index in [1.807, 2.05) is 0 Å². The molecule has 0 spiro atoms. The average Bonchev–Trinajstić information content (AvgIpc) is 2.91. The molecule has 0 aromatic heterocycles. The second-order valence-electron chi connectivity index (χ2n) is 8.64. The maximum absolute atomic E-state index is 12.4. The summed E-state index contributed by atoms with van der Waals surface area (Å²) >= 11 is 0. The number of carbonyl (C=O) groups is 1. The van der Waals surface area contributed by atoms with E-state index in [1.54, 1.807) is 6.92 Å². The molecular weight excluding hydrogens is 406 g/mol. The normalized spacial score (nSPS) is 30.9. The number of rotatable bonds is 8. The lowest BCUT2D eigenvalue weighted by molar-refractivity contribution is -0.0225. The summed E-state index contributed by atoms with van der Waals surface area (Å²) in [4.78, 5) is 13.7. The van der Waals surface area contributed by atoms with Crippen molar-refractivity contribution in [3.8, 4) is 0 Å². The lowest BCUT2D eigenvalue weighted by Gasteiger charge is -2.34. The van der Waals surface area contributed by atoms with E-state index in [1.165, 1.54) is 4.90 Å². The Bertz CT molecular complexity index is 639. The molecule has 2 fully saturated rings. The van der Waals surface area contributed by atoms with Crippen molar-refractivity contribution < 1.29 is 31.5 Å². The summed E-state index contributed by atoms with van der Waals surface area (Å²) in [5, 5.41) is 0. The number of nitrogens with one attached hydrogen (secondary N) is 1. The molecule has 0 radical (unpaired) electrons. The summed E-state index contributed by atoms with van der Waals surface area (Å²) in [5.74, 6) is 1.32. The highest BCUT2D eigenvalue weighted by atomic mass is 32.2. The molecule has 1 aliphatic heterocycles. The van der Waals surface area contributed by atoms with Gasteiger partial charge in [-0.05, 0) is 50.9 Å². The van der Waals surface area contributed by atoms with Crippen molar-refractivity contribution in [2.24, 2.45) is 11.8 Å². The van der Waals surface area contributed by atoms with Crippen LogP contribution >= 0.6 is 0 Å². The largest absolute Gasteiger partial charge is 0.443 e. The molecule has 1 heterocycles. The van der Waals surface area contributed by atoms with Gasteiger partial charge < -0.3 is 9.47 Å². The summed E-state index contributed by atoms with van der Waals surface area (Å²) in [6, 6.07) is -1.51. The Balaban J connectivity index is 2.03. The summed E-state index contributed by atoms with van der Waals surface area (Å²) < 4.78 is 61.7. The third-order valence-corrected chi connectivity index (χ3v) is 6.70. The molecule has 1 amide bonds. The molecule has 1 saturated carbocycles. The van der Waals surface area contributed by atoms with Gasteiger partial charge in [-0.2, -0.15) is 0 Å². The first kappa shape index (κ1) is 24.3. The van der Waals surface area contributed by atoms with Gasteiger partial charge in [0, 0.05) is 12.1 Å². The number of likely N-dealkylation sites (tertiary alicyclic amines) is 1. The third kappa shape index (κ3) is 7.32. The number of ether oxygens (including phenoxy) is 2. The summed E-state index contributed by atoms with van der Waals surface area (Å²) in [7, 11) is -3.50. The Hall–Kier alpha value is -1.00. The van der Waals surface area contributed by atoms with Crippen LogP contribution in [0.3, 0.4) is 0 Å². The maximum Gasteiger partial charge on any atom is 0.410 e. The minimum Gasteiger partial charge on any atom is -0.443 e. The summed E-state index contributed by atoms with van der Waals surface area (Å²) in [6.07, 6.45) is 1.85. The lowest BCUT2D eigenvalue weighted by atomic mass is 9.80. The monoisotopic (exact) mass is 440 g/mol. The Morgan fingerprint density at radius 2 is 1.83 bits per heavy atom. The van der Waals surface area contributed by atoms with Gasteiger partial charge in [0.1, 0.15) is 0 Å². The number of amides is 1. The fourth-order valence-electron chi connectivity index (χ4n) is 4.44. The summed E-state index contributed by atoms with van der Waals surface area (Å²) in [6.45, 7) is 5.33. The minimum absolute atomic E-state index is 0.0544. The summed E-state index contributed by atoms with van der Waals surface area (Å²) in [5.41, 5.74) is 0. The molecule has 2 rings (SSSR count). The first-order valence-electron chi connectivity index (χ1n) is 10.3. The molecule has 1 saturated heterocycles. The lowest BCUT2D eigenvalue weighted by Crippen LogP contribution is -2.50. The quantitative estimate of drug-likeness (QED) is 0.627. The van der Waals surface area contributed by atoms with Crippen molar-refractivity contribution in [2.75, 3.05) is 19.5 Å². The highest BCUT2D eigenvalue weighted by Crippen LogP contribution is 2.32. The molecule has 170 valence electrons. The predicted octanol–water partition coefficient (Wildman–Crippen LogP) is 3.00. The number of hydrogen-bond donors (Lipinski definition) is 1. The van der Waals surface area contributed by atoms with Crippen LogP contribution in [0.2, 0.25) is 0 Å². The molecule has 3 atom stereocenters. The Labute approximate surface area is 172 Å². The molecule has 7 nitrogen and oxygen atoms in total. The first-order chi connectivity index (χ1) is 13.5. The maximum atomic E-state index is 12.4. The molecule has 2 aliphatic rings. The number of carbonyl (C=O) groups excluding carboxylic acids is 1. The van der Waals surface area contributed by atoms with Gasteiger partial charge >= 0.3 is 6.09 Å². The van der Waals surface area contributed by atoms with Gasteiger partial charge in [-0.15, -0.1) is 0 Å². The average molecular weight is 441 g/mol. The van der Waals surface area contributed by atoms with Crippen LogP contribution in [-0.2, 0) is 19.5 Å². The molecule has 1 aliphatic carbocycles. The van der Waals surface area contributed by atoms with E-state index < -0.39 is 41.2 Å². The standard InChI is InChI=1S/C19H34F2N2O5S/c1-12(2)14-5-7-15(8-6-14)27-10-17-16(22-29(4,25)26)9-13(3)23(17)19(24)28-11-18(20)21/h12-18,22H,5-11H2,1-4H3/t13-,14?,15?,16+,17+/m1/s1. The van der Waals surface area contributed by atoms with Crippen LogP contribution in [0.5, 0.6) is 0 Å². The van der Waals surface area contributed by atoms with E-state index in [2.05, 4.69) is 18.6 Å². The molecular formula is C19H34F2N2O5S. The molecule has 0 aromatic rings. The van der Waals surface area contributed by atoms with Crippen LogP contribution < -0.4 is 4.72 Å². The van der Waals surface area contributed by atoms with Gasteiger partial charge in [-0.1, -0.05) is 13.8 Å². The SMILES string of the molecule is CC(C)C1CCC(OC[C@H]2[C@@H](NS(C)(=O)=O)C[C@@H](C)N2C(=O)OCC(F)F)CC1. The van der Waals surface area contributed by atoms with Gasteiger partial charge in [0.2, 0.25) is 10.0 Å². The van der Waals surface area contributed by atoms with E-state index >= 15 is 0 Å². The zero-order valence-electron chi connectivity index (χ0n) is 17.6. The predicted molar refractivity (Wildman–Crippen MR) is 105 cm³/mol. The molecule has 0 bridgehead atoms. The zero-order valence-corrected chi connectivity index (χ0v) is 18.5. The zero-order chi connectivity index (χ0) is 21.8. The van der Waals surface area contributed by atoms with Crippen molar-refractivity contribution in [3.63, 3.8) is 0 Å². The topological polar surface area (TPSA) is 84.9 Å². The Morgan fingerprint density at radius 1 is 1.21 bits per heavy atom. The van der Waals surface area contributed by atoms with Crippen LogP contribution in [-0.4, -0.2) is 69.5 Å². The number of sulfonamides is 1. The van der Waals surface area contributed by atoms with Crippen LogP contribution in [0.15, 0.2) is 0 Å². The minimum atomic E-state index is -3.50. The van der Waals surface area contributed by atoms with Crippen molar-refractivity contribution in [3.05, 3.63) is 0 Å². The van der Waals surface area contributed by atoms with Crippen molar-refractivity contribution in [1.82, 2.24) is 9.62 Å². The highest BCUT2D eigenvalue weighted by Gasteiger charge is 2.44. The van der Waals surface area contributed by atoms with Crippen LogP contribution in [0, 0.1) is 11.8 Å². The van der Waals surface area contributed by atoms with Gasteiger partial charge in [-0.25, -0.2) is 26.7 Å². The Kier molecular flexibility index (Phi) is 8.66. The molecule has 1 N–H and O–H groups in total. The van der Waals surface area contributed by atoms with E-state index in [9.17, 15) is 22.0 Å². The van der Waals surface area contributed by atoms with Crippen molar-refractivity contribution in [1.29, 1.82) is 0 Å². The molecule has 29 heavy (non-hydrogen) atoms. The number of alkyl halides is 2. The second kappa shape index (κ2) is 10.3. The van der Waals surface area contributed by atoms with E-state index in [4.69, 9.17) is 9.47 Å². The number of halogens is 2. The van der Waals surface area contributed by atoms with Gasteiger partial charge in [0.15, 0.2) is 6.61 Å². The molecule has 0 aromatic carbocycles. The van der Waals surface area contributed by atoms with Crippen LogP contribution in [0.4, 0.5) is 13.6 Å². The van der Waals surface area contributed by atoms with Crippen LogP contribution in [0.1, 0.15) is 52.9 Å². The third-order valence-electron chi connectivity index (χ3n) is 5.97. The molecule has 0 unspecified atom stereocenters. The van der Waals surface area contributed by atoms with Crippen molar-refractivity contribution in [2.45, 2.75) is 83.5 Å². The van der Waals surface area contributed by atoms with E-state index in [0.29, 0.717) is 18.3 Å².